The van der Waals surface area contributed by atoms with Crippen LogP contribution in [0.25, 0.3) is 0 Å². The number of carbonyl (C=O) groups excluding carboxylic acids is 1. The van der Waals surface area contributed by atoms with Crippen molar-refractivity contribution in [1.29, 1.82) is 0 Å². The van der Waals surface area contributed by atoms with Gasteiger partial charge in [-0.25, -0.2) is 0 Å². The van der Waals surface area contributed by atoms with Crippen molar-refractivity contribution in [3.63, 3.8) is 0 Å². The van der Waals surface area contributed by atoms with E-state index in [4.69, 9.17) is 10.5 Å². The number of rotatable bonds is 6. The summed E-state index contributed by atoms with van der Waals surface area (Å²) in [6, 6.07) is -0.450. The van der Waals surface area contributed by atoms with Crippen LogP contribution >= 0.6 is 12.4 Å². The maximum atomic E-state index is 11.2. The van der Waals surface area contributed by atoms with Crippen LogP contribution in [-0.2, 0) is 9.53 Å². The molecule has 3 nitrogen and oxygen atoms in total. The lowest BCUT2D eigenvalue weighted by Crippen LogP contribution is -2.32. The maximum absolute atomic E-state index is 11.2. The Morgan fingerprint density at radius 2 is 1.71 bits per heavy atom. The molecule has 0 aromatic heterocycles. The van der Waals surface area contributed by atoms with Crippen LogP contribution in [0.4, 0.5) is 0 Å². The molecule has 4 heteroatoms. The Balaban J connectivity index is 0. The zero-order valence-corrected chi connectivity index (χ0v) is 10.1. The summed E-state index contributed by atoms with van der Waals surface area (Å²) in [5.41, 5.74) is 5.51. The number of ether oxygens (including phenoxy) is 1. The fraction of sp³-hybridized carbons (Fsp3) is 0.900. The fourth-order valence-electron chi connectivity index (χ4n) is 0.998. The van der Waals surface area contributed by atoms with Crippen LogP contribution in [-0.4, -0.2) is 18.6 Å². The third-order valence-electron chi connectivity index (χ3n) is 2.36. The van der Waals surface area contributed by atoms with E-state index < -0.39 is 6.04 Å². The predicted octanol–water partition coefficient (Wildman–Crippen LogP) is 2.12. The van der Waals surface area contributed by atoms with Gasteiger partial charge in [0.1, 0.15) is 6.04 Å². The fourth-order valence-corrected chi connectivity index (χ4v) is 0.998. The van der Waals surface area contributed by atoms with Gasteiger partial charge in [0, 0.05) is 0 Å². The molecule has 0 aromatic rings. The molecule has 0 spiro atoms. The topological polar surface area (TPSA) is 52.3 Å². The van der Waals surface area contributed by atoms with Crippen LogP contribution in [0.5, 0.6) is 0 Å². The molecule has 0 radical (unpaired) electrons. The van der Waals surface area contributed by atoms with Gasteiger partial charge < -0.3 is 10.5 Å². The molecule has 86 valence electrons. The Hall–Kier alpha value is -0.280. The molecule has 0 aliphatic heterocycles. The van der Waals surface area contributed by atoms with Gasteiger partial charge in [-0.15, -0.1) is 12.4 Å². The molecule has 0 unspecified atom stereocenters. The lowest BCUT2D eigenvalue weighted by molar-refractivity contribution is -0.146. The van der Waals surface area contributed by atoms with Gasteiger partial charge >= 0.3 is 5.97 Å². The number of hydrogen-bond acceptors (Lipinski definition) is 3. The monoisotopic (exact) mass is 223 g/mol. The van der Waals surface area contributed by atoms with E-state index in [0.29, 0.717) is 18.9 Å². The molecule has 0 aliphatic rings. The molecule has 0 aromatic carbocycles. The van der Waals surface area contributed by atoms with Gasteiger partial charge in [0.2, 0.25) is 0 Å². The van der Waals surface area contributed by atoms with E-state index in [1.807, 2.05) is 6.92 Å². The third kappa shape index (κ3) is 6.22. The Morgan fingerprint density at radius 1 is 1.21 bits per heavy atom. The van der Waals surface area contributed by atoms with Crippen LogP contribution in [0.3, 0.4) is 0 Å². The summed E-state index contributed by atoms with van der Waals surface area (Å²) in [4.78, 5) is 11.2. The SMILES string of the molecule is CCC(CC)COC(=O)[C@@H](N)CC.Cl. The van der Waals surface area contributed by atoms with Crippen molar-refractivity contribution in [2.24, 2.45) is 11.7 Å². The second-order valence-corrected chi connectivity index (χ2v) is 3.33. The Kier molecular flexibility index (Phi) is 10.7. The molecule has 0 heterocycles. The molecule has 0 amide bonds. The number of hydrogen-bond donors (Lipinski definition) is 1. The Labute approximate surface area is 92.8 Å². The van der Waals surface area contributed by atoms with Gasteiger partial charge in [0.25, 0.3) is 0 Å². The number of esters is 1. The van der Waals surface area contributed by atoms with Crippen molar-refractivity contribution in [3.8, 4) is 0 Å². The van der Waals surface area contributed by atoms with Gasteiger partial charge in [0.05, 0.1) is 6.61 Å². The summed E-state index contributed by atoms with van der Waals surface area (Å²) in [6.45, 7) is 6.59. The molecule has 0 fully saturated rings. The van der Waals surface area contributed by atoms with E-state index in [-0.39, 0.29) is 18.4 Å². The van der Waals surface area contributed by atoms with Crippen LogP contribution in [0.2, 0.25) is 0 Å². The molecule has 0 saturated carbocycles. The highest BCUT2D eigenvalue weighted by Gasteiger charge is 2.14. The molecule has 0 bridgehead atoms. The van der Waals surface area contributed by atoms with Crippen LogP contribution in [0.15, 0.2) is 0 Å². The van der Waals surface area contributed by atoms with Crippen LogP contribution in [0.1, 0.15) is 40.0 Å². The molecular formula is C10H22ClNO2. The lowest BCUT2D eigenvalue weighted by atomic mass is 10.1. The normalized spacial score (nSPS) is 12.1. The van der Waals surface area contributed by atoms with Crippen LogP contribution < -0.4 is 5.73 Å². The zero-order valence-electron chi connectivity index (χ0n) is 9.29. The first-order valence-corrected chi connectivity index (χ1v) is 5.07. The minimum Gasteiger partial charge on any atom is -0.464 e. The highest BCUT2D eigenvalue weighted by atomic mass is 35.5. The summed E-state index contributed by atoms with van der Waals surface area (Å²) in [5.74, 6) is 0.211. The predicted molar refractivity (Wildman–Crippen MR) is 60.5 cm³/mol. The van der Waals surface area contributed by atoms with Crippen molar-refractivity contribution in [2.75, 3.05) is 6.61 Å². The molecule has 0 saturated heterocycles. The Bertz CT molecular complexity index is 149. The van der Waals surface area contributed by atoms with E-state index in [1.165, 1.54) is 0 Å². The third-order valence-corrected chi connectivity index (χ3v) is 2.36. The van der Waals surface area contributed by atoms with Crippen molar-refractivity contribution in [1.82, 2.24) is 0 Å². The molecule has 14 heavy (non-hydrogen) atoms. The van der Waals surface area contributed by atoms with E-state index in [9.17, 15) is 4.79 Å². The summed E-state index contributed by atoms with van der Waals surface area (Å²) in [7, 11) is 0. The number of halogens is 1. The minimum atomic E-state index is -0.450. The van der Waals surface area contributed by atoms with Gasteiger partial charge in [-0.3, -0.25) is 4.79 Å². The summed E-state index contributed by atoms with van der Waals surface area (Å²) < 4.78 is 5.07. The summed E-state index contributed by atoms with van der Waals surface area (Å²) in [5, 5.41) is 0. The van der Waals surface area contributed by atoms with Gasteiger partial charge in [-0.1, -0.05) is 33.6 Å². The molecule has 1 atom stereocenters. The highest BCUT2D eigenvalue weighted by molar-refractivity contribution is 5.85. The number of nitrogens with two attached hydrogens (primary N) is 1. The van der Waals surface area contributed by atoms with E-state index in [0.717, 1.165) is 12.8 Å². The smallest absolute Gasteiger partial charge is 0.322 e. The average molecular weight is 224 g/mol. The van der Waals surface area contributed by atoms with Gasteiger partial charge in [0.15, 0.2) is 0 Å². The maximum Gasteiger partial charge on any atom is 0.322 e. The van der Waals surface area contributed by atoms with E-state index in [2.05, 4.69) is 13.8 Å². The van der Waals surface area contributed by atoms with Gasteiger partial charge in [-0.05, 0) is 12.3 Å². The van der Waals surface area contributed by atoms with E-state index >= 15 is 0 Å². The molecular weight excluding hydrogens is 202 g/mol. The molecule has 0 aliphatic carbocycles. The Morgan fingerprint density at radius 3 is 2.07 bits per heavy atom. The standard InChI is InChI=1S/C10H21NO2.ClH/c1-4-8(5-2)7-13-10(12)9(11)6-3;/h8-9H,4-7,11H2,1-3H3;1H/t9-;/m0./s1. The second-order valence-electron chi connectivity index (χ2n) is 3.33. The highest BCUT2D eigenvalue weighted by Crippen LogP contribution is 2.08. The summed E-state index contributed by atoms with van der Waals surface area (Å²) >= 11 is 0. The first-order chi connectivity index (χ1) is 6.15. The minimum absolute atomic E-state index is 0. The number of carbonyl (C=O) groups is 1. The quantitative estimate of drug-likeness (QED) is 0.702. The van der Waals surface area contributed by atoms with E-state index in [1.54, 1.807) is 0 Å². The largest absolute Gasteiger partial charge is 0.464 e. The molecule has 0 rings (SSSR count). The second kappa shape index (κ2) is 9.28. The first kappa shape index (κ1) is 16.2. The van der Waals surface area contributed by atoms with Crippen molar-refractivity contribution >= 4 is 18.4 Å². The molecule has 2 N–H and O–H groups in total. The van der Waals surface area contributed by atoms with Crippen molar-refractivity contribution in [2.45, 2.75) is 46.1 Å². The van der Waals surface area contributed by atoms with Gasteiger partial charge in [-0.2, -0.15) is 0 Å². The average Bonchev–Trinajstić information content (AvgIpc) is 2.17. The first-order valence-electron chi connectivity index (χ1n) is 5.07. The van der Waals surface area contributed by atoms with Crippen molar-refractivity contribution < 1.29 is 9.53 Å². The van der Waals surface area contributed by atoms with Crippen LogP contribution in [0, 0.1) is 5.92 Å². The zero-order chi connectivity index (χ0) is 10.3. The van der Waals surface area contributed by atoms with Crippen molar-refractivity contribution in [3.05, 3.63) is 0 Å². The summed E-state index contributed by atoms with van der Waals surface area (Å²) in [6.07, 6.45) is 2.73. The lowest BCUT2D eigenvalue weighted by Gasteiger charge is -2.14.